The highest BCUT2D eigenvalue weighted by Gasteiger charge is 2.38. The fourth-order valence-electron chi connectivity index (χ4n) is 3.71. The van der Waals surface area contributed by atoms with Crippen molar-refractivity contribution in [2.75, 3.05) is 18.0 Å². The van der Waals surface area contributed by atoms with Crippen LogP contribution >= 0.6 is 11.6 Å². The average molecular weight is 453 g/mol. The summed E-state index contributed by atoms with van der Waals surface area (Å²) in [6.45, 7) is 2.99. The molecular weight excluding hydrogens is 434 g/mol. The van der Waals surface area contributed by atoms with E-state index in [0.717, 1.165) is 31.2 Å². The lowest BCUT2D eigenvalue weighted by molar-refractivity contribution is -0.127. The molecule has 0 bridgehead atoms. The van der Waals surface area contributed by atoms with E-state index >= 15 is 0 Å². The van der Waals surface area contributed by atoms with Crippen LogP contribution in [0, 0.1) is 17.6 Å². The maximum absolute atomic E-state index is 13.9. The van der Waals surface area contributed by atoms with E-state index in [2.05, 4.69) is 6.92 Å². The quantitative estimate of drug-likeness (QED) is 0.666. The molecule has 0 N–H and O–H groups in total. The molecule has 0 radical (unpaired) electrons. The first-order valence-corrected chi connectivity index (χ1v) is 11.3. The highest BCUT2D eigenvalue weighted by Crippen LogP contribution is 2.41. The summed E-state index contributed by atoms with van der Waals surface area (Å²) >= 11 is 6.05. The van der Waals surface area contributed by atoms with Gasteiger partial charge in [0.15, 0.2) is 4.91 Å². The number of carbonyl (C=O) groups is 1. The van der Waals surface area contributed by atoms with Crippen LogP contribution in [-0.4, -0.2) is 32.3 Å². The minimum atomic E-state index is -4.14. The van der Waals surface area contributed by atoms with E-state index in [4.69, 9.17) is 11.6 Å². The number of fused-ring (bicyclic) bond motifs is 1. The van der Waals surface area contributed by atoms with Crippen LogP contribution in [0.4, 0.5) is 20.2 Å². The Morgan fingerprint density at radius 2 is 1.70 bits per heavy atom. The largest absolute Gasteiger partial charge is 0.338 e. The second kappa shape index (κ2) is 7.67. The molecule has 9 heteroatoms. The predicted octanol–water partition coefficient (Wildman–Crippen LogP) is 4.64. The number of anilines is 2. The Kier molecular flexibility index (Phi) is 5.32. The predicted molar refractivity (Wildman–Crippen MR) is 110 cm³/mol. The number of likely N-dealkylation sites (tertiary alicyclic amines) is 1. The standard InChI is InChI=1S/C21H19ClF2N2O3S/c1-13-4-6-25(7-5-13)21(27)20-12-26(17-10-15(23)9-16(24)11-17)18-8-14(22)2-3-19(18)30(20,28)29/h2-3,8-13H,4-7H2,1H3. The third-order valence-electron chi connectivity index (χ3n) is 5.41. The lowest BCUT2D eigenvalue weighted by atomic mass is 9.99. The molecule has 2 heterocycles. The van der Waals surface area contributed by atoms with E-state index in [1.54, 1.807) is 0 Å². The zero-order chi connectivity index (χ0) is 21.6. The Morgan fingerprint density at radius 3 is 2.33 bits per heavy atom. The van der Waals surface area contributed by atoms with Crippen molar-refractivity contribution in [3.8, 4) is 0 Å². The summed E-state index contributed by atoms with van der Waals surface area (Å²) in [6, 6.07) is 6.93. The van der Waals surface area contributed by atoms with Crippen molar-refractivity contribution < 1.29 is 22.0 Å². The molecule has 2 aliphatic heterocycles. The maximum Gasteiger partial charge on any atom is 0.267 e. The summed E-state index contributed by atoms with van der Waals surface area (Å²) in [5, 5.41) is 0.249. The summed E-state index contributed by atoms with van der Waals surface area (Å²) in [5.41, 5.74) is 0.166. The zero-order valence-corrected chi connectivity index (χ0v) is 17.7. The highest BCUT2D eigenvalue weighted by atomic mass is 35.5. The molecule has 0 saturated carbocycles. The smallest absolute Gasteiger partial charge is 0.267 e. The van der Waals surface area contributed by atoms with Crippen molar-refractivity contribution in [3.63, 3.8) is 0 Å². The van der Waals surface area contributed by atoms with Gasteiger partial charge in [-0.25, -0.2) is 17.2 Å². The number of hydrogen-bond acceptors (Lipinski definition) is 4. The lowest BCUT2D eigenvalue weighted by Gasteiger charge is -2.33. The zero-order valence-electron chi connectivity index (χ0n) is 16.1. The van der Waals surface area contributed by atoms with Crippen molar-refractivity contribution in [1.29, 1.82) is 0 Å². The molecule has 4 rings (SSSR count). The van der Waals surface area contributed by atoms with E-state index in [9.17, 15) is 22.0 Å². The summed E-state index contributed by atoms with van der Waals surface area (Å²) in [6.07, 6.45) is 2.69. The molecule has 1 fully saturated rings. The van der Waals surface area contributed by atoms with Gasteiger partial charge in [0.05, 0.1) is 16.3 Å². The van der Waals surface area contributed by atoms with Crippen LogP contribution < -0.4 is 4.90 Å². The van der Waals surface area contributed by atoms with Gasteiger partial charge < -0.3 is 9.80 Å². The number of nitrogens with zero attached hydrogens (tertiary/aromatic N) is 2. The fourth-order valence-corrected chi connectivity index (χ4v) is 5.40. The van der Waals surface area contributed by atoms with Crippen LogP contribution in [0.2, 0.25) is 5.02 Å². The molecule has 2 aromatic carbocycles. The van der Waals surface area contributed by atoms with Crippen LogP contribution in [0.1, 0.15) is 19.8 Å². The maximum atomic E-state index is 13.9. The van der Waals surface area contributed by atoms with Crippen LogP contribution in [0.3, 0.4) is 0 Å². The third kappa shape index (κ3) is 3.70. The molecule has 5 nitrogen and oxygen atoms in total. The van der Waals surface area contributed by atoms with Gasteiger partial charge in [-0.2, -0.15) is 0 Å². The number of piperidine rings is 1. The number of amides is 1. The van der Waals surface area contributed by atoms with Crippen molar-refractivity contribution in [1.82, 2.24) is 4.90 Å². The Balaban J connectivity index is 1.86. The SMILES string of the molecule is CC1CCN(C(=O)C2=CN(c3cc(F)cc(F)c3)c3cc(Cl)ccc3S2(=O)=O)CC1. The Bertz CT molecular complexity index is 1140. The first-order valence-electron chi connectivity index (χ1n) is 9.48. The van der Waals surface area contributed by atoms with Crippen molar-refractivity contribution >= 4 is 38.7 Å². The van der Waals surface area contributed by atoms with Crippen molar-refractivity contribution in [2.45, 2.75) is 24.7 Å². The number of halogens is 3. The van der Waals surface area contributed by atoms with Crippen LogP contribution in [0.15, 0.2) is 52.4 Å². The topological polar surface area (TPSA) is 57.7 Å². The third-order valence-corrected chi connectivity index (χ3v) is 7.43. The normalized spacial score (nSPS) is 18.7. The monoisotopic (exact) mass is 452 g/mol. The molecule has 2 aromatic rings. The number of benzene rings is 2. The van der Waals surface area contributed by atoms with Gasteiger partial charge in [-0.1, -0.05) is 18.5 Å². The summed E-state index contributed by atoms with van der Waals surface area (Å²) in [5.74, 6) is -1.81. The highest BCUT2D eigenvalue weighted by molar-refractivity contribution is 7.96. The van der Waals surface area contributed by atoms with E-state index in [0.29, 0.717) is 25.1 Å². The van der Waals surface area contributed by atoms with Gasteiger partial charge in [-0.15, -0.1) is 0 Å². The van der Waals surface area contributed by atoms with Crippen molar-refractivity contribution in [3.05, 3.63) is 64.2 Å². The van der Waals surface area contributed by atoms with E-state index in [-0.39, 0.29) is 21.3 Å². The molecule has 0 spiro atoms. The van der Waals surface area contributed by atoms with E-state index in [1.807, 2.05) is 0 Å². The van der Waals surface area contributed by atoms with Gasteiger partial charge in [0, 0.05) is 30.4 Å². The molecule has 2 aliphatic rings. The lowest BCUT2D eigenvalue weighted by Crippen LogP contribution is -2.41. The van der Waals surface area contributed by atoms with Gasteiger partial charge in [0.2, 0.25) is 9.84 Å². The molecule has 158 valence electrons. The number of hydrogen-bond donors (Lipinski definition) is 0. The minimum Gasteiger partial charge on any atom is -0.338 e. The number of sulfone groups is 1. The molecule has 0 aromatic heterocycles. The fraction of sp³-hybridized carbons (Fsp3) is 0.286. The van der Waals surface area contributed by atoms with Crippen LogP contribution in [0.5, 0.6) is 0 Å². The van der Waals surface area contributed by atoms with Gasteiger partial charge in [-0.3, -0.25) is 4.79 Å². The van der Waals surface area contributed by atoms with Gasteiger partial charge in [0.1, 0.15) is 11.6 Å². The second-order valence-corrected chi connectivity index (χ2v) is 9.90. The van der Waals surface area contributed by atoms with Gasteiger partial charge in [0.25, 0.3) is 5.91 Å². The molecule has 1 saturated heterocycles. The number of carbonyl (C=O) groups excluding carboxylic acids is 1. The van der Waals surface area contributed by atoms with Gasteiger partial charge in [-0.05, 0) is 49.1 Å². The van der Waals surface area contributed by atoms with Crippen molar-refractivity contribution in [2.24, 2.45) is 5.92 Å². The first kappa shape index (κ1) is 20.8. The summed E-state index contributed by atoms with van der Waals surface area (Å²) in [7, 11) is -4.14. The molecule has 0 atom stereocenters. The second-order valence-electron chi connectivity index (χ2n) is 7.58. The Morgan fingerprint density at radius 1 is 1.07 bits per heavy atom. The molecule has 0 unspecified atom stereocenters. The summed E-state index contributed by atoms with van der Waals surface area (Å²) < 4.78 is 54.2. The van der Waals surface area contributed by atoms with Crippen LogP contribution in [0.25, 0.3) is 0 Å². The number of rotatable bonds is 2. The van der Waals surface area contributed by atoms with E-state index in [1.165, 1.54) is 28.0 Å². The van der Waals surface area contributed by atoms with Crippen LogP contribution in [-0.2, 0) is 14.6 Å². The van der Waals surface area contributed by atoms with Gasteiger partial charge >= 0.3 is 0 Å². The average Bonchev–Trinajstić information content (AvgIpc) is 2.67. The summed E-state index contributed by atoms with van der Waals surface area (Å²) in [4.78, 5) is 15.4. The molecule has 1 amide bonds. The minimum absolute atomic E-state index is 0.0449. The molecular formula is C21H19ClF2N2O3S. The first-order chi connectivity index (χ1) is 14.2. The molecule has 30 heavy (non-hydrogen) atoms. The Hall–Kier alpha value is -2.45. The Labute approximate surface area is 178 Å². The molecule has 0 aliphatic carbocycles. The van der Waals surface area contributed by atoms with E-state index < -0.39 is 32.3 Å².